The number of carbonyl (C=O) groups is 1. The summed E-state index contributed by atoms with van der Waals surface area (Å²) in [5.74, 6) is 1.02. The number of rotatable bonds is 5. The molecule has 0 saturated carbocycles. The van der Waals surface area contributed by atoms with Crippen molar-refractivity contribution in [1.29, 1.82) is 0 Å². The van der Waals surface area contributed by atoms with E-state index in [1.807, 2.05) is 30.5 Å². The first kappa shape index (κ1) is 16.1. The van der Waals surface area contributed by atoms with E-state index in [0.717, 1.165) is 5.75 Å². The molecule has 3 rings (SSSR count). The fourth-order valence-corrected chi connectivity index (χ4v) is 2.80. The molecule has 0 atom stereocenters. The van der Waals surface area contributed by atoms with Gasteiger partial charge in [0.15, 0.2) is 0 Å². The predicted octanol–water partition coefficient (Wildman–Crippen LogP) is 3.75. The average Bonchev–Trinajstić information content (AvgIpc) is 3.11. The van der Waals surface area contributed by atoms with Gasteiger partial charge >= 0.3 is 0 Å². The highest BCUT2D eigenvalue weighted by molar-refractivity contribution is 7.97. The molecule has 2 N–H and O–H groups in total. The maximum Gasteiger partial charge on any atom is 0.261 e. The molecule has 122 valence electrons. The Labute approximate surface area is 143 Å². The number of anilines is 1. The maximum atomic E-state index is 12.3. The summed E-state index contributed by atoms with van der Waals surface area (Å²) in [5.41, 5.74) is 1.96. The summed E-state index contributed by atoms with van der Waals surface area (Å²) >= 11 is 1.73. The van der Waals surface area contributed by atoms with Crippen molar-refractivity contribution in [1.82, 2.24) is 4.98 Å². The average molecular weight is 340 g/mol. The lowest BCUT2D eigenvalue weighted by atomic mass is 10.2. The number of carbonyl (C=O) groups excluding carboxylic acids is 1. The van der Waals surface area contributed by atoms with Gasteiger partial charge < -0.3 is 14.7 Å². The van der Waals surface area contributed by atoms with Crippen molar-refractivity contribution in [3.8, 4) is 11.5 Å². The van der Waals surface area contributed by atoms with Crippen LogP contribution >= 0.6 is 11.8 Å². The Balaban J connectivity index is 1.76. The van der Waals surface area contributed by atoms with Crippen molar-refractivity contribution in [2.45, 2.75) is 5.75 Å². The molecule has 0 aliphatic rings. The molecule has 1 aromatic carbocycles. The van der Waals surface area contributed by atoms with E-state index < -0.39 is 11.5 Å². The van der Waals surface area contributed by atoms with Crippen molar-refractivity contribution in [2.75, 3.05) is 11.6 Å². The van der Waals surface area contributed by atoms with Crippen LogP contribution < -0.4 is 10.9 Å². The molecule has 0 fully saturated rings. The van der Waals surface area contributed by atoms with E-state index in [1.165, 1.54) is 17.9 Å². The molecule has 0 bridgehead atoms. The van der Waals surface area contributed by atoms with Crippen molar-refractivity contribution >= 4 is 23.4 Å². The Morgan fingerprint density at radius 3 is 2.58 bits per heavy atom. The summed E-state index contributed by atoms with van der Waals surface area (Å²) in [6.07, 6.45) is 3.56. The van der Waals surface area contributed by atoms with Crippen molar-refractivity contribution in [3.63, 3.8) is 0 Å². The summed E-state index contributed by atoms with van der Waals surface area (Å²) in [5, 5.41) is 2.73. The minimum atomic E-state index is -0.458. The van der Waals surface area contributed by atoms with Gasteiger partial charge in [-0.15, -0.1) is 0 Å². The Kier molecular flexibility index (Phi) is 4.86. The quantitative estimate of drug-likeness (QED) is 0.742. The van der Waals surface area contributed by atoms with Crippen LogP contribution in [0.2, 0.25) is 0 Å². The van der Waals surface area contributed by atoms with Gasteiger partial charge in [0.2, 0.25) is 0 Å². The normalized spacial score (nSPS) is 10.5. The molecule has 6 heteroatoms. The molecular weight excluding hydrogens is 324 g/mol. The first-order valence-electron chi connectivity index (χ1n) is 7.34. The van der Waals surface area contributed by atoms with E-state index in [9.17, 15) is 9.59 Å². The van der Waals surface area contributed by atoms with E-state index in [4.69, 9.17) is 4.42 Å². The van der Waals surface area contributed by atoms with Gasteiger partial charge in [0.1, 0.15) is 11.3 Å². The fraction of sp³-hybridized carbons (Fsp3) is 0.111. The van der Waals surface area contributed by atoms with Crippen LogP contribution in [0.1, 0.15) is 15.9 Å². The minimum absolute atomic E-state index is 0.0542. The minimum Gasteiger partial charge on any atom is -0.463 e. The molecule has 0 spiro atoms. The van der Waals surface area contributed by atoms with Crippen LogP contribution in [0.3, 0.4) is 0 Å². The van der Waals surface area contributed by atoms with Crippen LogP contribution in [0.4, 0.5) is 5.69 Å². The number of benzene rings is 1. The molecular formula is C18H16N2O3S. The lowest BCUT2D eigenvalue weighted by Crippen LogP contribution is -2.23. The van der Waals surface area contributed by atoms with E-state index in [2.05, 4.69) is 10.3 Å². The second kappa shape index (κ2) is 7.23. The number of aromatic nitrogens is 1. The zero-order valence-corrected chi connectivity index (χ0v) is 13.9. The van der Waals surface area contributed by atoms with Crippen LogP contribution in [-0.2, 0) is 5.75 Å². The summed E-state index contributed by atoms with van der Waals surface area (Å²) < 4.78 is 5.23. The van der Waals surface area contributed by atoms with Crippen LogP contribution in [0.15, 0.2) is 64.0 Å². The van der Waals surface area contributed by atoms with Crippen molar-refractivity contribution < 1.29 is 9.21 Å². The molecule has 0 aliphatic carbocycles. The fourth-order valence-electron chi connectivity index (χ4n) is 2.28. The van der Waals surface area contributed by atoms with Gasteiger partial charge in [-0.1, -0.05) is 12.1 Å². The van der Waals surface area contributed by atoms with Crippen LogP contribution in [-0.4, -0.2) is 17.1 Å². The Bertz CT molecular complexity index is 883. The van der Waals surface area contributed by atoms with Gasteiger partial charge in [0, 0.05) is 11.4 Å². The van der Waals surface area contributed by atoms with Gasteiger partial charge in [0.05, 0.1) is 12.0 Å². The molecule has 2 aromatic heterocycles. The SMILES string of the molecule is CSCc1ccc(NC(=O)c2ccc(-c3ccco3)[nH]c2=O)cc1. The number of nitrogens with one attached hydrogen (secondary N) is 2. The highest BCUT2D eigenvalue weighted by atomic mass is 32.2. The third-order valence-corrected chi connectivity index (χ3v) is 4.09. The number of H-pyrrole nitrogens is 1. The highest BCUT2D eigenvalue weighted by Crippen LogP contribution is 2.17. The molecule has 3 aromatic rings. The number of hydrogen-bond donors (Lipinski definition) is 2. The number of amides is 1. The van der Waals surface area contributed by atoms with Crippen molar-refractivity contribution in [3.05, 3.63) is 76.3 Å². The Hall–Kier alpha value is -2.73. The highest BCUT2D eigenvalue weighted by Gasteiger charge is 2.12. The predicted molar refractivity (Wildman–Crippen MR) is 96.4 cm³/mol. The zero-order chi connectivity index (χ0) is 16.9. The number of thioether (sulfide) groups is 1. The molecule has 0 aliphatic heterocycles. The van der Waals surface area contributed by atoms with Gasteiger partial charge in [-0.25, -0.2) is 0 Å². The van der Waals surface area contributed by atoms with E-state index in [0.29, 0.717) is 17.1 Å². The summed E-state index contributed by atoms with van der Waals surface area (Å²) in [4.78, 5) is 27.1. The zero-order valence-electron chi connectivity index (χ0n) is 13.0. The smallest absolute Gasteiger partial charge is 0.261 e. The van der Waals surface area contributed by atoms with Gasteiger partial charge in [-0.2, -0.15) is 11.8 Å². The standard InChI is InChI=1S/C18H16N2O3S/c1-24-11-12-4-6-13(7-5-12)19-17(21)14-8-9-15(20-18(14)22)16-3-2-10-23-16/h2-10H,11H2,1H3,(H,19,21)(H,20,22). The molecule has 0 unspecified atom stereocenters. The third-order valence-electron chi connectivity index (χ3n) is 3.46. The van der Waals surface area contributed by atoms with Gasteiger partial charge in [-0.05, 0) is 48.2 Å². The van der Waals surface area contributed by atoms with E-state index in [1.54, 1.807) is 30.0 Å². The number of pyridine rings is 1. The largest absolute Gasteiger partial charge is 0.463 e. The number of hydrogen-bond acceptors (Lipinski definition) is 4. The van der Waals surface area contributed by atoms with E-state index >= 15 is 0 Å². The summed E-state index contributed by atoms with van der Waals surface area (Å²) in [7, 11) is 0. The Morgan fingerprint density at radius 2 is 1.96 bits per heavy atom. The molecule has 5 nitrogen and oxygen atoms in total. The lowest BCUT2D eigenvalue weighted by molar-refractivity contribution is 0.102. The van der Waals surface area contributed by atoms with Gasteiger partial charge in [-0.3, -0.25) is 9.59 Å². The molecule has 0 radical (unpaired) electrons. The molecule has 2 heterocycles. The maximum absolute atomic E-state index is 12.3. The third kappa shape index (κ3) is 3.60. The lowest BCUT2D eigenvalue weighted by Gasteiger charge is -2.06. The summed E-state index contributed by atoms with van der Waals surface area (Å²) in [6, 6.07) is 14.2. The summed E-state index contributed by atoms with van der Waals surface area (Å²) in [6.45, 7) is 0. The Morgan fingerprint density at radius 1 is 1.17 bits per heavy atom. The second-order valence-corrected chi connectivity index (χ2v) is 6.04. The first-order valence-corrected chi connectivity index (χ1v) is 8.73. The molecule has 0 saturated heterocycles. The second-order valence-electron chi connectivity index (χ2n) is 5.18. The van der Waals surface area contributed by atoms with E-state index in [-0.39, 0.29) is 5.56 Å². The van der Waals surface area contributed by atoms with Crippen LogP contribution in [0.25, 0.3) is 11.5 Å². The van der Waals surface area contributed by atoms with Gasteiger partial charge in [0.25, 0.3) is 11.5 Å². The van der Waals surface area contributed by atoms with Crippen LogP contribution in [0.5, 0.6) is 0 Å². The molecule has 24 heavy (non-hydrogen) atoms. The topological polar surface area (TPSA) is 75.1 Å². The van der Waals surface area contributed by atoms with Crippen molar-refractivity contribution in [2.24, 2.45) is 0 Å². The number of furan rings is 1. The van der Waals surface area contributed by atoms with Crippen LogP contribution in [0, 0.1) is 0 Å². The number of aromatic amines is 1. The monoisotopic (exact) mass is 340 g/mol. The molecule has 1 amide bonds. The first-order chi connectivity index (χ1) is 11.7.